The van der Waals surface area contributed by atoms with Gasteiger partial charge in [-0.25, -0.2) is 0 Å². The van der Waals surface area contributed by atoms with Crippen molar-refractivity contribution in [3.05, 3.63) is 72.8 Å². The van der Waals surface area contributed by atoms with Crippen molar-refractivity contribution in [3.63, 3.8) is 0 Å². The minimum Gasteiger partial charge on any atom is -0.497 e. The van der Waals surface area contributed by atoms with E-state index in [1.54, 1.807) is 23.8 Å². The highest BCUT2D eigenvalue weighted by atomic mass is 16.5. The SMILES string of the molecule is COc1ccc2nn(-c3ccc(-n4nc5ccc(OC)cc5n4)c4ccccc34)nc2c1. The summed E-state index contributed by atoms with van der Waals surface area (Å²) in [6.07, 6.45) is 0. The first-order valence-electron chi connectivity index (χ1n) is 10.1. The molecule has 2 heterocycles. The summed E-state index contributed by atoms with van der Waals surface area (Å²) in [5.74, 6) is 1.50. The summed E-state index contributed by atoms with van der Waals surface area (Å²) in [5.41, 5.74) is 4.88. The van der Waals surface area contributed by atoms with Gasteiger partial charge >= 0.3 is 0 Å². The van der Waals surface area contributed by atoms with E-state index in [0.717, 1.165) is 55.7 Å². The third-order valence-electron chi connectivity index (χ3n) is 5.48. The van der Waals surface area contributed by atoms with Gasteiger partial charge in [0.2, 0.25) is 0 Å². The van der Waals surface area contributed by atoms with Gasteiger partial charge in [0.25, 0.3) is 0 Å². The monoisotopic (exact) mass is 422 g/mol. The van der Waals surface area contributed by atoms with Gasteiger partial charge < -0.3 is 9.47 Å². The summed E-state index contributed by atoms with van der Waals surface area (Å²) < 4.78 is 10.6. The maximum atomic E-state index is 5.31. The topological polar surface area (TPSA) is 79.9 Å². The molecule has 2 aromatic heterocycles. The molecule has 6 aromatic rings. The van der Waals surface area contributed by atoms with Crippen molar-refractivity contribution in [2.24, 2.45) is 0 Å². The molecule has 4 aromatic carbocycles. The number of ether oxygens (including phenoxy) is 2. The minimum atomic E-state index is 0.748. The molecule has 6 rings (SSSR count). The lowest BCUT2D eigenvalue weighted by Crippen LogP contribution is -2.04. The summed E-state index contributed by atoms with van der Waals surface area (Å²) in [5, 5.41) is 20.7. The van der Waals surface area contributed by atoms with Gasteiger partial charge in [-0.2, -0.15) is 0 Å². The molecule has 0 amide bonds. The van der Waals surface area contributed by atoms with Crippen LogP contribution in [0.1, 0.15) is 0 Å². The van der Waals surface area contributed by atoms with Crippen LogP contribution in [-0.2, 0) is 0 Å². The van der Waals surface area contributed by atoms with Crippen LogP contribution in [0, 0.1) is 0 Å². The largest absolute Gasteiger partial charge is 0.497 e. The summed E-state index contributed by atoms with van der Waals surface area (Å²) in [7, 11) is 3.28. The highest BCUT2D eigenvalue weighted by Gasteiger charge is 2.14. The fourth-order valence-electron chi connectivity index (χ4n) is 3.87. The van der Waals surface area contributed by atoms with E-state index in [-0.39, 0.29) is 0 Å². The molecule has 8 heteroatoms. The van der Waals surface area contributed by atoms with Crippen LogP contribution in [-0.4, -0.2) is 44.2 Å². The van der Waals surface area contributed by atoms with E-state index < -0.39 is 0 Å². The molecule has 156 valence electrons. The van der Waals surface area contributed by atoms with Gasteiger partial charge in [0, 0.05) is 22.9 Å². The molecule has 0 N–H and O–H groups in total. The van der Waals surface area contributed by atoms with Crippen LogP contribution in [0.5, 0.6) is 11.5 Å². The van der Waals surface area contributed by atoms with E-state index in [4.69, 9.17) is 9.47 Å². The lowest BCUT2D eigenvalue weighted by atomic mass is 10.1. The lowest BCUT2D eigenvalue weighted by Gasteiger charge is -2.09. The second kappa shape index (κ2) is 7.05. The van der Waals surface area contributed by atoms with Crippen LogP contribution in [0.2, 0.25) is 0 Å². The first kappa shape index (κ1) is 18.3. The van der Waals surface area contributed by atoms with E-state index >= 15 is 0 Å². The fraction of sp³-hybridized carbons (Fsp3) is 0.0833. The van der Waals surface area contributed by atoms with Crippen molar-refractivity contribution in [2.75, 3.05) is 14.2 Å². The van der Waals surface area contributed by atoms with Crippen LogP contribution in [0.25, 0.3) is 44.2 Å². The Labute approximate surface area is 182 Å². The van der Waals surface area contributed by atoms with Crippen molar-refractivity contribution in [3.8, 4) is 22.9 Å². The Morgan fingerprint density at radius 1 is 0.531 bits per heavy atom. The van der Waals surface area contributed by atoms with E-state index in [2.05, 4.69) is 32.5 Å². The average molecular weight is 422 g/mol. The number of hydrogen-bond acceptors (Lipinski definition) is 6. The molecular formula is C24H18N6O2. The van der Waals surface area contributed by atoms with E-state index in [9.17, 15) is 0 Å². The molecule has 0 aliphatic heterocycles. The van der Waals surface area contributed by atoms with Crippen molar-refractivity contribution in [1.29, 1.82) is 0 Å². The molecule has 0 unspecified atom stereocenters. The van der Waals surface area contributed by atoms with Crippen LogP contribution >= 0.6 is 0 Å². The summed E-state index contributed by atoms with van der Waals surface area (Å²) in [4.78, 5) is 3.32. The number of nitrogens with zero attached hydrogens (tertiary/aromatic N) is 6. The van der Waals surface area contributed by atoms with Crippen molar-refractivity contribution in [1.82, 2.24) is 30.0 Å². The van der Waals surface area contributed by atoms with E-state index in [0.29, 0.717) is 0 Å². The van der Waals surface area contributed by atoms with Crippen LogP contribution in [0.15, 0.2) is 72.8 Å². The zero-order chi connectivity index (χ0) is 21.7. The molecule has 0 atom stereocenters. The number of methoxy groups -OCH3 is 2. The molecule has 0 fully saturated rings. The Balaban J connectivity index is 1.52. The lowest BCUT2D eigenvalue weighted by molar-refractivity contribution is 0.415. The number of benzene rings is 4. The first-order chi connectivity index (χ1) is 15.7. The van der Waals surface area contributed by atoms with Gasteiger partial charge in [-0.1, -0.05) is 24.3 Å². The molecule has 0 spiro atoms. The van der Waals surface area contributed by atoms with Gasteiger partial charge in [0.05, 0.1) is 25.6 Å². The predicted molar refractivity (Wildman–Crippen MR) is 122 cm³/mol. The number of rotatable bonds is 4. The Bertz CT molecular complexity index is 1500. The van der Waals surface area contributed by atoms with Crippen LogP contribution in [0.3, 0.4) is 0 Å². The summed E-state index contributed by atoms with van der Waals surface area (Å²) >= 11 is 0. The average Bonchev–Trinajstić information content (AvgIpc) is 3.46. The third kappa shape index (κ3) is 2.84. The second-order valence-electron chi connectivity index (χ2n) is 7.34. The molecule has 0 saturated carbocycles. The standard InChI is InChI=1S/C24H18N6O2/c1-31-15-7-9-19-21(13-15)27-29(25-19)23-11-12-24(18-6-4-3-5-17(18)23)30-26-20-10-8-16(32-2)14-22(20)28-30/h3-14H,1-2H3. The molecular weight excluding hydrogens is 404 g/mol. The number of hydrogen-bond donors (Lipinski definition) is 0. The molecule has 0 radical (unpaired) electrons. The molecule has 0 bridgehead atoms. The van der Waals surface area contributed by atoms with Gasteiger partial charge in [-0.3, -0.25) is 0 Å². The predicted octanol–water partition coefficient (Wildman–Crippen LogP) is 4.32. The Morgan fingerprint density at radius 3 is 1.41 bits per heavy atom. The number of fused-ring (bicyclic) bond motifs is 3. The van der Waals surface area contributed by atoms with Crippen molar-refractivity contribution in [2.45, 2.75) is 0 Å². The first-order valence-corrected chi connectivity index (χ1v) is 10.1. The Morgan fingerprint density at radius 2 is 0.969 bits per heavy atom. The maximum absolute atomic E-state index is 5.31. The highest BCUT2D eigenvalue weighted by molar-refractivity contribution is 5.96. The molecule has 8 nitrogen and oxygen atoms in total. The van der Waals surface area contributed by atoms with Crippen molar-refractivity contribution < 1.29 is 9.47 Å². The van der Waals surface area contributed by atoms with E-state index in [1.807, 2.05) is 60.7 Å². The second-order valence-corrected chi connectivity index (χ2v) is 7.34. The fourth-order valence-corrected chi connectivity index (χ4v) is 3.87. The molecule has 0 aliphatic rings. The van der Waals surface area contributed by atoms with Crippen LogP contribution in [0.4, 0.5) is 0 Å². The normalized spacial score (nSPS) is 11.4. The minimum absolute atomic E-state index is 0.748. The van der Waals surface area contributed by atoms with Crippen LogP contribution < -0.4 is 9.47 Å². The molecule has 0 aliphatic carbocycles. The van der Waals surface area contributed by atoms with E-state index in [1.165, 1.54) is 0 Å². The zero-order valence-electron chi connectivity index (χ0n) is 17.4. The summed E-state index contributed by atoms with van der Waals surface area (Å²) in [6, 6.07) is 23.4. The third-order valence-corrected chi connectivity index (χ3v) is 5.48. The van der Waals surface area contributed by atoms with Gasteiger partial charge in [-0.15, -0.1) is 30.0 Å². The van der Waals surface area contributed by atoms with Gasteiger partial charge in [-0.05, 0) is 36.4 Å². The van der Waals surface area contributed by atoms with Gasteiger partial charge in [0.15, 0.2) is 0 Å². The smallest absolute Gasteiger partial charge is 0.121 e. The summed E-state index contributed by atoms with van der Waals surface area (Å²) in [6.45, 7) is 0. The number of aromatic nitrogens is 6. The molecule has 0 saturated heterocycles. The Hall–Kier alpha value is -4.46. The van der Waals surface area contributed by atoms with Crippen molar-refractivity contribution >= 4 is 32.8 Å². The Kier molecular flexibility index (Phi) is 4.04. The van der Waals surface area contributed by atoms with Gasteiger partial charge in [0.1, 0.15) is 33.6 Å². The molecule has 32 heavy (non-hydrogen) atoms. The quantitative estimate of drug-likeness (QED) is 0.421. The maximum Gasteiger partial charge on any atom is 0.121 e. The highest BCUT2D eigenvalue weighted by Crippen LogP contribution is 2.29. The zero-order valence-corrected chi connectivity index (χ0v) is 17.4.